The summed E-state index contributed by atoms with van der Waals surface area (Å²) in [4.78, 5) is 36.2. The van der Waals surface area contributed by atoms with Gasteiger partial charge in [0.2, 0.25) is 5.91 Å². The first-order valence-corrected chi connectivity index (χ1v) is 12.4. The number of hydrogen-bond acceptors (Lipinski definition) is 7. The van der Waals surface area contributed by atoms with Gasteiger partial charge in [-0.15, -0.1) is 13.2 Å². The largest absolute Gasteiger partial charge is 0.573 e. The second-order valence-electron chi connectivity index (χ2n) is 8.92. The summed E-state index contributed by atoms with van der Waals surface area (Å²) in [6.45, 7) is 1.38. The summed E-state index contributed by atoms with van der Waals surface area (Å²) in [5, 5.41) is 26.3. The van der Waals surface area contributed by atoms with E-state index in [-0.39, 0.29) is 37.7 Å². The van der Waals surface area contributed by atoms with Crippen LogP contribution < -0.4 is 26.2 Å². The van der Waals surface area contributed by atoms with Gasteiger partial charge in [0.05, 0.1) is 12.6 Å². The summed E-state index contributed by atoms with van der Waals surface area (Å²) < 4.78 is 41.0. The minimum atomic E-state index is -4.78. The molecule has 0 spiro atoms. The average molecular weight is 601 g/mol. The molecule has 0 radical (unpaired) electrons. The molecule has 13 heteroatoms. The number of ether oxygens (including phenoxy) is 1. The Morgan fingerprint density at radius 3 is 2.12 bits per heavy atom. The topological polar surface area (TPSA) is 149 Å². The third-order valence-electron chi connectivity index (χ3n) is 5.58. The molecule has 10 nitrogen and oxygen atoms in total. The van der Waals surface area contributed by atoms with E-state index in [1.165, 1.54) is 42.7 Å². The molecule has 0 aromatic heterocycles. The van der Waals surface area contributed by atoms with Crippen LogP contribution in [0.3, 0.4) is 0 Å². The molecule has 43 heavy (non-hydrogen) atoms. The molecule has 228 valence electrons. The van der Waals surface area contributed by atoms with Crippen LogP contribution >= 0.6 is 0 Å². The van der Waals surface area contributed by atoms with Crippen molar-refractivity contribution in [2.75, 3.05) is 11.9 Å². The van der Waals surface area contributed by atoms with Crippen LogP contribution in [0, 0.1) is 11.8 Å². The summed E-state index contributed by atoms with van der Waals surface area (Å²) in [6, 6.07) is 17.0. The van der Waals surface area contributed by atoms with E-state index in [2.05, 4.69) is 32.5 Å². The lowest BCUT2D eigenvalue weighted by Gasteiger charge is -2.19. The van der Waals surface area contributed by atoms with Gasteiger partial charge in [-0.3, -0.25) is 19.6 Å². The van der Waals surface area contributed by atoms with E-state index in [9.17, 15) is 32.7 Å². The molecule has 0 aliphatic carbocycles. The Balaban J connectivity index is 0.00000645. The number of rotatable bonds is 10. The minimum absolute atomic E-state index is 0. The lowest BCUT2D eigenvalue weighted by Crippen LogP contribution is -2.51. The van der Waals surface area contributed by atoms with E-state index in [1.807, 2.05) is 0 Å². The standard InChI is InChI=1S/C29H27F3N4O6.CH4/c1-18(37)26(28(40)36-41)35-27(39)22-11-7-19(8-12-22)5-6-20-9-13-23(14-10-20)34-25(38)17-33-16-21-3-2-4-24(15-21)42-29(30,31)32;/h2-4,7-15,18,26,33,37,41H,16-17H2,1H3,(H,34,38)(H,35,39)(H,36,40);1H4/t18-,26+;/m1./s1. The van der Waals surface area contributed by atoms with Gasteiger partial charge in [0, 0.05) is 28.9 Å². The van der Waals surface area contributed by atoms with Crippen LogP contribution in [0.1, 0.15) is 41.4 Å². The van der Waals surface area contributed by atoms with Crippen molar-refractivity contribution in [3.63, 3.8) is 0 Å². The quantitative estimate of drug-likeness (QED) is 0.119. The predicted octanol–water partition coefficient (Wildman–Crippen LogP) is 3.33. The van der Waals surface area contributed by atoms with Crippen molar-refractivity contribution >= 4 is 23.4 Å². The molecule has 0 unspecified atom stereocenters. The van der Waals surface area contributed by atoms with Crippen LogP contribution in [0.15, 0.2) is 72.8 Å². The highest BCUT2D eigenvalue weighted by molar-refractivity contribution is 5.97. The van der Waals surface area contributed by atoms with Crippen LogP contribution in [0.4, 0.5) is 18.9 Å². The zero-order valence-electron chi connectivity index (χ0n) is 22.2. The monoisotopic (exact) mass is 600 g/mol. The van der Waals surface area contributed by atoms with Gasteiger partial charge in [0.25, 0.3) is 11.8 Å². The van der Waals surface area contributed by atoms with Crippen LogP contribution in [0.2, 0.25) is 0 Å². The number of carbonyl (C=O) groups excluding carboxylic acids is 3. The Bertz CT molecular complexity index is 1450. The normalized spacial score (nSPS) is 12.0. The smallest absolute Gasteiger partial charge is 0.406 e. The molecular formula is C30H31F3N4O6. The van der Waals surface area contributed by atoms with Crippen molar-refractivity contribution < 1.29 is 42.6 Å². The zero-order valence-corrected chi connectivity index (χ0v) is 22.2. The SMILES string of the molecule is C.C[C@@H](O)[C@H](NC(=O)c1ccc(C#Cc2ccc(NC(=O)CNCc3cccc(OC(F)(F)F)c3)cc2)cc1)C(=O)NO. The van der Waals surface area contributed by atoms with E-state index in [1.54, 1.807) is 42.5 Å². The Labute approximate surface area is 246 Å². The van der Waals surface area contributed by atoms with Crippen LogP contribution in [-0.2, 0) is 16.1 Å². The summed E-state index contributed by atoms with van der Waals surface area (Å²) in [5.74, 6) is 3.64. The summed E-state index contributed by atoms with van der Waals surface area (Å²) in [6.07, 6.45) is -6.02. The number of hydroxylamine groups is 1. The van der Waals surface area contributed by atoms with Gasteiger partial charge in [-0.2, -0.15) is 0 Å². The number of nitrogens with one attached hydrogen (secondary N) is 4. The lowest BCUT2D eigenvalue weighted by molar-refractivity contribution is -0.274. The first kappa shape index (κ1) is 34.3. The minimum Gasteiger partial charge on any atom is -0.406 e. The molecular weight excluding hydrogens is 569 g/mol. The van der Waals surface area contributed by atoms with Gasteiger partial charge in [-0.25, -0.2) is 5.48 Å². The highest BCUT2D eigenvalue weighted by Gasteiger charge is 2.31. The third kappa shape index (κ3) is 11.5. The summed E-state index contributed by atoms with van der Waals surface area (Å²) in [5.41, 5.74) is 3.91. The second-order valence-corrected chi connectivity index (χ2v) is 8.92. The Morgan fingerprint density at radius 2 is 1.56 bits per heavy atom. The van der Waals surface area contributed by atoms with Gasteiger partial charge in [0.1, 0.15) is 11.8 Å². The molecule has 6 N–H and O–H groups in total. The van der Waals surface area contributed by atoms with Crippen molar-refractivity contribution in [3.05, 3.63) is 95.1 Å². The first-order valence-electron chi connectivity index (χ1n) is 12.4. The number of halogens is 3. The van der Waals surface area contributed by atoms with Crippen molar-refractivity contribution in [2.24, 2.45) is 0 Å². The van der Waals surface area contributed by atoms with E-state index < -0.39 is 30.3 Å². The fourth-order valence-electron chi connectivity index (χ4n) is 3.56. The number of carbonyl (C=O) groups is 3. The highest BCUT2D eigenvalue weighted by atomic mass is 19.4. The van der Waals surface area contributed by atoms with Gasteiger partial charge < -0.3 is 25.8 Å². The number of amides is 3. The molecule has 0 aliphatic heterocycles. The maximum Gasteiger partial charge on any atom is 0.573 e. The maximum atomic E-state index is 12.4. The van der Waals surface area contributed by atoms with Gasteiger partial charge >= 0.3 is 6.36 Å². The summed E-state index contributed by atoms with van der Waals surface area (Å²) in [7, 11) is 0. The predicted molar refractivity (Wildman–Crippen MR) is 152 cm³/mol. The molecule has 0 saturated heterocycles. The highest BCUT2D eigenvalue weighted by Crippen LogP contribution is 2.23. The number of aliphatic hydroxyl groups excluding tert-OH is 1. The van der Waals surface area contributed by atoms with Crippen molar-refractivity contribution in [1.82, 2.24) is 16.1 Å². The van der Waals surface area contributed by atoms with Crippen molar-refractivity contribution in [1.29, 1.82) is 0 Å². The second kappa shape index (κ2) is 15.9. The third-order valence-corrected chi connectivity index (χ3v) is 5.58. The molecule has 0 saturated carbocycles. The van der Waals surface area contributed by atoms with Crippen LogP contribution in [-0.4, -0.2) is 53.1 Å². The zero-order chi connectivity index (χ0) is 30.7. The summed E-state index contributed by atoms with van der Waals surface area (Å²) >= 11 is 0. The number of hydrogen-bond donors (Lipinski definition) is 6. The fourth-order valence-corrected chi connectivity index (χ4v) is 3.56. The van der Waals surface area contributed by atoms with Gasteiger partial charge in [-0.05, 0) is 73.2 Å². The van der Waals surface area contributed by atoms with Gasteiger partial charge in [0.15, 0.2) is 0 Å². The van der Waals surface area contributed by atoms with Crippen LogP contribution in [0.5, 0.6) is 5.75 Å². The Morgan fingerprint density at radius 1 is 0.953 bits per heavy atom. The number of benzene rings is 3. The molecule has 0 fully saturated rings. The molecule has 0 heterocycles. The number of aliphatic hydroxyl groups is 1. The molecule has 3 aromatic rings. The van der Waals surface area contributed by atoms with E-state index in [0.29, 0.717) is 22.4 Å². The first-order chi connectivity index (χ1) is 19.9. The average Bonchev–Trinajstić information content (AvgIpc) is 2.94. The maximum absolute atomic E-state index is 12.4. The Kier molecular flexibility index (Phi) is 12.7. The van der Waals surface area contributed by atoms with Crippen molar-refractivity contribution in [3.8, 4) is 17.6 Å². The number of anilines is 1. The lowest BCUT2D eigenvalue weighted by atomic mass is 10.1. The molecule has 0 bridgehead atoms. The van der Waals surface area contributed by atoms with Crippen LogP contribution in [0.25, 0.3) is 0 Å². The number of alkyl halides is 3. The van der Waals surface area contributed by atoms with E-state index >= 15 is 0 Å². The molecule has 3 amide bonds. The van der Waals surface area contributed by atoms with Gasteiger partial charge in [-0.1, -0.05) is 31.4 Å². The van der Waals surface area contributed by atoms with Crippen molar-refractivity contribution in [2.45, 2.75) is 39.4 Å². The van der Waals surface area contributed by atoms with E-state index in [4.69, 9.17) is 5.21 Å². The van der Waals surface area contributed by atoms with E-state index in [0.717, 1.165) is 0 Å². The Hall–Kier alpha value is -4.90. The molecule has 2 atom stereocenters. The molecule has 3 aromatic carbocycles. The molecule has 0 aliphatic rings. The fraction of sp³-hybridized carbons (Fsp3) is 0.233. The molecule has 3 rings (SSSR count).